The Labute approximate surface area is 146 Å². The van der Waals surface area contributed by atoms with Gasteiger partial charge in [-0.2, -0.15) is 0 Å². The van der Waals surface area contributed by atoms with E-state index in [4.69, 9.17) is 5.11 Å². The number of rotatable bonds is 4. The molecule has 1 aliphatic carbocycles. The number of anilines is 1. The van der Waals surface area contributed by atoms with Gasteiger partial charge in [0.2, 0.25) is 11.8 Å². The summed E-state index contributed by atoms with van der Waals surface area (Å²) in [5, 5.41) is 11.5. The Balaban J connectivity index is 1.63. The summed E-state index contributed by atoms with van der Waals surface area (Å²) in [6.07, 6.45) is 5.63. The number of aliphatic carboxylic acids is 1. The Morgan fingerprint density at radius 3 is 2.48 bits per heavy atom. The van der Waals surface area contributed by atoms with Crippen LogP contribution >= 0.6 is 0 Å². The zero-order valence-corrected chi connectivity index (χ0v) is 14.3. The number of hydrogen-bond donors (Lipinski definition) is 2. The molecule has 2 N–H and O–H groups in total. The average Bonchev–Trinajstić information content (AvgIpc) is 2.61. The molecule has 1 aliphatic heterocycles. The first-order valence-electron chi connectivity index (χ1n) is 8.71. The van der Waals surface area contributed by atoms with Gasteiger partial charge in [-0.25, -0.2) is 4.98 Å². The lowest BCUT2D eigenvalue weighted by Gasteiger charge is -2.34. The second-order valence-corrected chi connectivity index (χ2v) is 6.91. The van der Waals surface area contributed by atoms with Crippen LogP contribution in [0.3, 0.4) is 0 Å². The van der Waals surface area contributed by atoms with Gasteiger partial charge in [0.05, 0.1) is 11.8 Å². The Bertz CT molecular complexity index is 665. The Morgan fingerprint density at radius 2 is 1.92 bits per heavy atom. The SMILES string of the molecule is CN(c1ccc(C2CCC(=O)NC2=O)cn1)[C@H]1CC[C@H](C(=O)O)CC1. The number of amides is 2. The predicted molar refractivity (Wildman–Crippen MR) is 91.1 cm³/mol. The molecule has 2 fully saturated rings. The summed E-state index contributed by atoms with van der Waals surface area (Å²) in [5.74, 6) is -0.917. The van der Waals surface area contributed by atoms with E-state index in [9.17, 15) is 14.4 Å². The first-order chi connectivity index (χ1) is 12.0. The van der Waals surface area contributed by atoms with Gasteiger partial charge in [-0.15, -0.1) is 0 Å². The van der Waals surface area contributed by atoms with Gasteiger partial charge in [-0.05, 0) is 43.7 Å². The van der Waals surface area contributed by atoms with E-state index in [-0.39, 0.29) is 29.7 Å². The van der Waals surface area contributed by atoms with Crippen LogP contribution in [-0.4, -0.2) is 41.0 Å². The molecule has 7 heteroatoms. The van der Waals surface area contributed by atoms with Crippen molar-refractivity contribution >= 4 is 23.6 Å². The summed E-state index contributed by atoms with van der Waals surface area (Å²) in [4.78, 5) is 40.8. The second kappa shape index (κ2) is 7.21. The van der Waals surface area contributed by atoms with E-state index in [1.807, 2.05) is 19.2 Å². The fourth-order valence-corrected chi connectivity index (χ4v) is 3.72. The largest absolute Gasteiger partial charge is 0.481 e. The molecule has 134 valence electrons. The quantitative estimate of drug-likeness (QED) is 0.806. The van der Waals surface area contributed by atoms with Gasteiger partial charge in [0.1, 0.15) is 5.82 Å². The van der Waals surface area contributed by atoms with Gasteiger partial charge in [-0.3, -0.25) is 19.7 Å². The van der Waals surface area contributed by atoms with Crippen LogP contribution in [0.2, 0.25) is 0 Å². The summed E-state index contributed by atoms with van der Waals surface area (Å²) < 4.78 is 0. The molecule has 0 bridgehead atoms. The number of hydrogen-bond acceptors (Lipinski definition) is 5. The number of piperidine rings is 1. The molecule has 2 amide bonds. The van der Waals surface area contributed by atoms with Crippen LogP contribution in [0.25, 0.3) is 0 Å². The van der Waals surface area contributed by atoms with Crippen molar-refractivity contribution in [2.75, 3.05) is 11.9 Å². The number of carbonyl (C=O) groups excluding carboxylic acids is 2. The maximum absolute atomic E-state index is 11.9. The standard InChI is InChI=1S/C18H23N3O4/c1-21(13-5-2-11(3-6-13)18(24)25)15-8-4-12(10-19-15)14-7-9-16(22)20-17(14)23/h4,8,10-11,13-14H,2-3,5-7,9H2,1H3,(H,24,25)(H,20,22,23)/t11-,13-,14?. The molecule has 1 unspecified atom stereocenters. The van der Waals surface area contributed by atoms with E-state index in [1.54, 1.807) is 6.20 Å². The number of nitrogens with one attached hydrogen (secondary N) is 1. The highest BCUT2D eigenvalue weighted by molar-refractivity contribution is 6.00. The zero-order chi connectivity index (χ0) is 18.0. The van der Waals surface area contributed by atoms with Crippen molar-refractivity contribution in [1.29, 1.82) is 0 Å². The monoisotopic (exact) mass is 345 g/mol. The Morgan fingerprint density at radius 1 is 1.20 bits per heavy atom. The predicted octanol–water partition coefficient (Wildman–Crippen LogP) is 1.68. The van der Waals surface area contributed by atoms with Gasteiger partial charge in [-0.1, -0.05) is 6.07 Å². The number of carbonyl (C=O) groups is 3. The van der Waals surface area contributed by atoms with Gasteiger partial charge >= 0.3 is 5.97 Å². The Kier molecular flexibility index (Phi) is 5.01. The van der Waals surface area contributed by atoms with Crippen molar-refractivity contribution < 1.29 is 19.5 Å². The molecule has 1 atom stereocenters. The van der Waals surface area contributed by atoms with Gasteiger partial charge in [0, 0.05) is 25.7 Å². The maximum atomic E-state index is 11.9. The fourth-order valence-electron chi connectivity index (χ4n) is 3.72. The molecule has 1 aromatic rings. The number of aromatic nitrogens is 1. The normalized spacial score (nSPS) is 26.8. The summed E-state index contributed by atoms with van der Waals surface area (Å²) in [6, 6.07) is 4.06. The van der Waals surface area contributed by atoms with Crippen LogP contribution in [0.15, 0.2) is 18.3 Å². The molecule has 1 saturated carbocycles. The molecule has 0 radical (unpaired) electrons. The molecular weight excluding hydrogens is 322 g/mol. The minimum Gasteiger partial charge on any atom is -0.481 e. The molecular formula is C18H23N3O4. The van der Waals surface area contributed by atoms with Crippen molar-refractivity contribution in [2.24, 2.45) is 5.92 Å². The molecule has 2 aliphatic rings. The third kappa shape index (κ3) is 3.81. The highest BCUT2D eigenvalue weighted by atomic mass is 16.4. The number of nitrogens with zero attached hydrogens (tertiary/aromatic N) is 2. The van der Waals surface area contributed by atoms with Crippen molar-refractivity contribution in [3.8, 4) is 0 Å². The van der Waals surface area contributed by atoms with Crippen LogP contribution < -0.4 is 10.2 Å². The minimum atomic E-state index is -0.701. The third-order valence-electron chi connectivity index (χ3n) is 5.37. The van der Waals surface area contributed by atoms with E-state index in [1.165, 1.54) is 0 Å². The molecule has 1 aromatic heterocycles. The number of pyridine rings is 1. The van der Waals surface area contributed by atoms with Crippen molar-refractivity contribution in [1.82, 2.24) is 10.3 Å². The van der Waals surface area contributed by atoms with Crippen molar-refractivity contribution in [2.45, 2.75) is 50.5 Å². The summed E-state index contributed by atoms with van der Waals surface area (Å²) in [6.45, 7) is 0. The molecule has 2 heterocycles. The van der Waals surface area contributed by atoms with Gasteiger partial charge in [0.25, 0.3) is 0 Å². The van der Waals surface area contributed by atoms with E-state index in [0.29, 0.717) is 25.7 Å². The van der Waals surface area contributed by atoms with Crippen LogP contribution in [0.1, 0.15) is 50.0 Å². The Hall–Kier alpha value is -2.44. The highest BCUT2D eigenvalue weighted by Crippen LogP contribution is 2.30. The minimum absolute atomic E-state index is 0.220. The van der Waals surface area contributed by atoms with Crippen LogP contribution in [0.4, 0.5) is 5.82 Å². The first-order valence-corrected chi connectivity index (χ1v) is 8.71. The summed E-state index contributed by atoms with van der Waals surface area (Å²) in [7, 11) is 1.97. The topological polar surface area (TPSA) is 99.6 Å². The summed E-state index contributed by atoms with van der Waals surface area (Å²) in [5.41, 5.74) is 0.816. The molecule has 0 aromatic carbocycles. The van der Waals surface area contributed by atoms with E-state index in [2.05, 4.69) is 15.2 Å². The fraction of sp³-hybridized carbons (Fsp3) is 0.556. The average molecular weight is 345 g/mol. The lowest BCUT2D eigenvalue weighted by Crippen LogP contribution is -2.39. The second-order valence-electron chi connectivity index (χ2n) is 6.91. The smallest absolute Gasteiger partial charge is 0.306 e. The van der Waals surface area contributed by atoms with Crippen LogP contribution in [0, 0.1) is 5.92 Å². The molecule has 25 heavy (non-hydrogen) atoms. The van der Waals surface area contributed by atoms with Crippen molar-refractivity contribution in [3.05, 3.63) is 23.9 Å². The van der Waals surface area contributed by atoms with Gasteiger partial charge in [0.15, 0.2) is 0 Å². The molecule has 7 nitrogen and oxygen atoms in total. The lowest BCUT2D eigenvalue weighted by atomic mass is 9.85. The third-order valence-corrected chi connectivity index (χ3v) is 5.37. The summed E-state index contributed by atoms with van der Waals surface area (Å²) >= 11 is 0. The molecule has 1 saturated heterocycles. The van der Waals surface area contributed by atoms with E-state index >= 15 is 0 Å². The van der Waals surface area contributed by atoms with Crippen molar-refractivity contribution in [3.63, 3.8) is 0 Å². The van der Waals surface area contributed by atoms with Gasteiger partial charge < -0.3 is 10.0 Å². The van der Waals surface area contributed by atoms with E-state index < -0.39 is 5.97 Å². The molecule has 3 rings (SSSR count). The number of carboxylic acid groups (broad SMARTS) is 1. The van der Waals surface area contributed by atoms with Crippen LogP contribution in [0.5, 0.6) is 0 Å². The number of imide groups is 1. The highest BCUT2D eigenvalue weighted by Gasteiger charge is 2.30. The van der Waals surface area contributed by atoms with E-state index in [0.717, 1.165) is 24.2 Å². The zero-order valence-electron chi connectivity index (χ0n) is 14.3. The van der Waals surface area contributed by atoms with Crippen LogP contribution in [-0.2, 0) is 14.4 Å². The first kappa shape index (κ1) is 17.4. The maximum Gasteiger partial charge on any atom is 0.306 e. The number of carboxylic acids is 1. The molecule has 0 spiro atoms. The lowest BCUT2D eigenvalue weighted by molar-refractivity contribution is -0.143.